The van der Waals surface area contributed by atoms with E-state index < -0.39 is 10.0 Å². The molecule has 11 heteroatoms. The van der Waals surface area contributed by atoms with Crippen molar-refractivity contribution in [3.63, 3.8) is 0 Å². The maximum Gasteiger partial charge on any atom is 0.243 e. The summed E-state index contributed by atoms with van der Waals surface area (Å²) in [6, 6.07) is 20.7. The van der Waals surface area contributed by atoms with Crippen molar-refractivity contribution in [2.24, 2.45) is 0 Å². The summed E-state index contributed by atoms with van der Waals surface area (Å²) in [6.45, 7) is 2.73. The molecule has 202 valence electrons. The summed E-state index contributed by atoms with van der Waals surface area (Å²) in [4.78, 5) is 11.3. The first-order valence-electron chi connectivity index (χ1n) is 12.4. The first-order chi connectivity index (χ1) is 18.8. The number of aromatic nitrogens is 2. The van der Waals surface area contributed by atoms with E-state index in [9.17, 15) is 12.8 Å². The Morgan fingerprint density at radius 2 is 1.62 bits per heavy atom. The highest BCUT2D eigenvalue weighted by atomic mass is 35.5. The van der Waals surface area contributed by atoms with Gasteiger partial charge in [-0.15, -0.1) is 0 Å². The minimum absolute atomic E-state index is 0.264. The van der Waals surface area contributed by atoms with E-state index in [0.29, 0.717) is 41.9 Å². The molecular weight excluding hydrogens is 539 g/mol. The van der Waals surface area contributed by atoms with E-state index in [-0.39, 0.29) is 10.7 Å². The zero-order chi connectivity index (χ0) is 27.4. The minimum Gasteiger partial charge on any atom is -0.381 e. The lowest BCUT2D eigenvalue weighted by Gasteiger charge is -2.31. The van der Waals surface area contributed by atoms with Crippen LogP contribution in [0.25, 0.3) is 11.3 Å². The molecule has 0 saturated carbocycles. The van der Waals surface area contributed by atoms with Crippen molar-refractivity contribution < 1.29 is 12.8 Å². The lowest BCUT2D eigenvalue weighted by atomic mass is 10.1. The molecule has 0 amide bonds. The van der Waals surface area contributed by atoms with Crippen molar-refractivity contribution in [1.29, 1.82) is 0 Å². The molecule has 0 spiro atoms. The topological polar surface area (TPSA) is 90.5 Å². The number of rotatable bonds is 8. The number of anilines is 3. The number of hydrogen-bond donors (Lipinski definition) is 2. The Morgan fingerprint density at radius 3 is 2.31 bits per heavy atom. The molecule has 5 rings (SSSR count). The fraction of sp³-hybridized carbons (Fsp3) is 0.214. The third kappa shape index (κ3) is 6.54. The summed E-state index contributed by atoms with van der Waals surface area (Å²) in [6.07, 6.45) is 1.66. The maximum absolute atomic E-state index is 14.0. The number of benzene rings is 3. The van der Waals surface area contributed by atoms with Crippen LogP contribution in [0.3, 0.4) is 0 Å². The quantitative estimate of drug-likeness (QED) is 0.302. The summed E-state index contributed by atoms with van der Waals surface area (Å²) in [7, 11) is -1.54. The lowest BCUT2D eigenvalue weighted by Crippen LogP contribution is -2.46. The smallest absolute Gasteiger partial charge is 0.243 e. The van der Waals surface area contributed by atoms with Crippen LogP contribution in [0.2, 0.25) is 5.02 Å². The maximum atomic E-state index is 14.0. The zero-order valence-corrected chi connectivity index (χ0v) is 22.9. The summed E-state index contributed by atoms with van der Waals surface area (Å²) in [5.74, 6) is 0.0431. The van der Waals surface area contributed by atoms with Gasteiger partial charge in [0, 0.05) is 66.4 Å². The van der Waals surface area contributed by atoms with Gasteiger partial charge < -0.3 is 15.5 Å². The van der Waals surface area contributed by atoms with Crippen LogP contribution >= 0.6 is 11.6 Å². The van der Waals surface area contributed by atoms with Crippen molar-refractivity contribution in [3.8, 4) is 11.3 Å². The molecule has 4 aromatic rings. The van der Waals surface area contributed by atoms with Gasteiger partial charge in [0.2, 0.25) is 16.0 Å². The average Bonchev–Trinajstić information content (AvgIpc) is 2.94. The lowest BCUT2D eigenvalue weighted by molar-refractivity contribution is 0.222. The molecule has 1 aromatic heterocycles. The minimum atomic E-state index is -3.53. The molecule has 0 radical (unpaired) electrons. The number of nitrogens with one attached hydrogen (secondary N) is 2. The summed E-state index contributed by atoms with van der Waals surface area (Å²) < 4.78 is 41.5. The van der Waals surface area contributed by atoms with Crippen LogP contribution in [-0.4, -0.2) is 60.8 Å². The zero-order valence-electron chi connectivity index (χ0n) is 21.3. The molecule has 1 aliphatic rings. The number of nitrogens with zero attached hydrogens (tertiary/aromatic N) is 4. The van der Waals surface area contributed by atoms with Gasteiger partial charge in [0.1, 0.15) is 5.82 Å². The Bertz CT molecular complexity index is 1540. The van der Waals surface area contributed by atoms with Crippen LogP contribution in [-0.2, 0) is 16.6 Å². The van der Waals surface area contributed by atoms with E-state index in [2.05, 4.69) is 25.5 Å². The number of halogens is 2. The van der Waals surface area contributed by atoms with Gasteiger partial charge in [-0.2, -0.15) is 4.31 Å². The molecule has 0 unspecified atom stereocenters. The SMILES string of the molecule is CN1CCN(S(=O)(=O)c2ccc(Nc3nccc(-c4ccc(NCc5ccc(Cl)cc5F)cc4)n3)cc2)CC1. The molecule has 3 aromatic carbocycles. The van der Waals surface area contributed by atoms with Gasteiger partial charge in [-0.1, -0.05) is 29.8 Å². The second-order valence-electron chi connectivity index (χ2n) is 9.29. The summed E-state index contributed by atoms with van der Waals surface area (Å²) in [5, 5.41) is 6.71. The van der Waals surface area contributed by atoms with Crippen LogP contribution in [0, 0.1) is 5.82 Å². The second-order valence-corrected chi connectivity index (χ2v) is 11.7. The first kappa shape index (κ1) is 27.0. The van der Waals surface area contributed by atoms with Gasteiger partial charge in [0.15, 0.2) is 0 Å². The van der Waals surface area contributed by atoms with E-state index in [0.717, 1.165) is 30.0 Å². The molecule has 1 fully saturated rings. The van der Waals surface area contributed by atoms with Crippen LogP contribution < -0.4 is 10.6 Å². The van der Waals surface area contributed by atoms with Gasteiger partial charge >= 0.3 is 0 Å². The van der Waals surface area contributed by atoms with Crippen LogP contribution in [0.15, 0.2) is 83.9 Å². The van der Waals surface area contributed by atoms with Crippen molar-refractivity contribution in [1.82, 2.24) is 19.2 Å². The molecule has 2 heterocycles. The number of hydrogen-bond acceptors (Lipinski definition) is 7. The molecule has 1 saturated heterocycles. The Morgan fingerprint density at radius 1 is 0.923 bits per heavy atom. The fourth-order valence-corrected chi connectivity index (χ4v) is 5.80. The highest BCUT2D eigenvalue weighted by Crippen LogP contribution is 2.24. The van der Waals surface area contributed by atoms with E-state index in [1.54, 1.807) is 42.6 Å². The van der Waals surface area contributed by atoms with Crippen LogP contribution in [0.4, 0.5) is 21.7 Å². The van der Waals surface area contributed by atoms with Crippen molar-refractivity contribution in [3.05, 3.63) is 95.4 Å². The monoisotopic (exact) mass is 566 g/mol. The van der Waals surface area contributed by atoms with E-state index in [1.165, 1.54) is 10.4 Å². The van der Waals surface area contributed by atoms with Gasteiger partial charge in [-0.05, 0) is 61.6 Å². The molecular formula is C28H28ClFN6O2S. The van der Waals surface area contributed by atoms with Gasteiger partial charge in [0.05, 0.1) is 10.6 Å². The third-order valence-electron chi connectivity index (χ3n) is 6.54. The Balaban J connectivity index is 1.22. The van der Waals surface area contributed by atoms with Gasteiger partial charge in [-0.25, -0.2) is 22.8 Å². The standard InChI is InChI=1S/C28H28ClFN6O2S/c1-35-14-16-36(17-15-35)39(37,38)25-10-8-24(9-11-25)33-28-31-13-12-27(34-28)20-3-6-23(7-4-20)32-19-21-2-5-22(29)18-26(21)30/h2-13,18,32H,14-17,19H2,1H3,(H,31,33,34). The number of piperazine rings is 1. The van der Waals surface area contributed by atoms with E-state index >= 15 is 0 Å². The highest BCUT2D eigenvalue weighted by molar-refractivity contribution is 7.89. The highest BCUT2D eigenvalue weighted by Gasteiger charge is 2.27. The third-order valence-corrected chi connectivity index (χ3v) is 8.69. The number of sulfonamides is 1. The van der Waals surface area contributed by atoms with Gasteiger partial charge in [0.25, 0.3) is 0 Å². The molecule has 8 nitrogen and oxygen atoms in total. The Kier molecular flexibility index (Phi) is 8.08. The van der Waals surface area contributed by atoms with Gasteiger partial charge in [-0.3, -0.25) is 0 Å². The predicted molar refractivity (Wildman–Crippen MR) is 152 cm³/mol. The summed E-state index contributed by atoms with van der Waals surface area (Å²) in [5.41, 5.74) is 3.65. The van der Waals surface area contributed by atoms with E-state index in [1.807, 2.05) is 37.4 Å². The normalized spacial score (nSPS) is 14.7. The average molecular weight is 567 g/mol. The molecule has 0 bridgehead atoms. The van der Waals surface area contributed by atoms with Crippen molar-refractivity contribution >= 4 is 38.9 Å². The largest absolute Gasteiger partial charge is 0.381 e. The second kappa shape index (κ2) is 11.7. The molecule has 0 aliphatic carbocycles. The van der Waals surface area contributed by atoms with E-state index in [4.69, 9.17) is 11.6 Å². The molecule has 2 N–H and O–H groups in total. The number of likely N-dealkylation sites (N-methyl/N-ethyl adjacent to an activating group) is 1. The first-order valence-corrected chi connectivity index (χ1v) is 14.3. The molecule has 39 heavy (non-hydrogen) atoms. The van der Waals surface area contributed by atoms with Crippen molar-refractivity contribution in [2.45, 2.75) is 11.4 Å². The fourth-order valence-electron chi connectivity index (χ4n) is 4.22. The Hall–Kier alpha value is -3.57. The molecule has 0 atom stereocenters. The van der Waals surface area contributed by atoms with Crippen LogP contribution in [0.1, 0.15) is 5.56 Å². The summed E-state index contributed by atoms with van der Waals surface area (Å²) >= 11 is 5.82. The van der Waals surface area contributed by atoms with Crippen LogP contribution in [0.5, 0.6) is 0 Å². The Labute approximate surface area is 232 Å². The molecule has 1 aliphatic heterocycles. The predicted octanol–water partition coefficient (Wildman–Crippen LogP) is 5.23. The van der Waals surface area contributed by atoms with Crippen molar-refractivity contribution in [2.75, 3.05) is 43.9 Å².